The third kappa shape index (κ3) is 4.46. The number of nitrogens with zero attached hydrogens (tertiary/aromatic N) is 1. The van der Waals surface area contributed by atoms with E-state index in [0.29, 0.717) is 16.8 Å². The number of anilines is 1. The molecule has 1 rings (SSSR count). The summed E-state index contributed by atoms with van der Waals surface area (Å²) in [6.07, 6.45) is 1.53. The van der Waals surface area contributed by atoms with Crippen LogP contribution in [0, 0.1) is 0 Å². The number of nitrogens with one attached hydrogen (secondary N) is 2. The molecule has 0 radical (unpaired) electrons. The summed E-state index contributed by atoms with van der Waals surface area (Å²) in [6, 6.07) is 3.45. The maximum absolute atomic E-state index is 11.6. The molecule has 2 N–H and O–H groups in total. The molecular weight excluding hydrogens is 294 g/mol. The fourth-order valence-corrected chi connectivity index (χ4v) is 2.50. The van der Waals surface area contributed by atoms with Crippen molar-refractivity contribution in [3.8, 4) is 0 Å². The highest BCUT2D eigenvalue weighted by Gasteiger charge is 2.12. The molecule has 0 aliphatic carbocycles. The Hall–Kier alpha value is -0.660. The number of sulfonamides is 1. The molecule has 0 aliphatic rings. The molecule has 7 heteroatoms. The van der Waals surface area contributed by atoms with E-state index in [1.165, 1.54) is 6.20 Å². The van der Waals surface area contributed by atoms with Gasteiger partial charge in [-0.2, -0.15) is 0 Å². The zero-order valence-corrected chi connectivity index (χ0v) is 11.3. The maximum atomic E-state index is 11.6. The first-order valence-corrected chi connectivity index (χ1v) is 7.31. The Morgan fingerprint density at radius 1 is 1.50 bits per heavy atom. The molecule has 0 saturated carbocycles. The summed E-state index contributed by atoms with van der Waals surface area (Å²) < 4.78 is 26.3. The molecule has 5 nitrogen and oxygen atoms in total. The van der Waals surface area contributed by atoms with E-state index >= 15 is 0 Å². The lowest BCUT2D eigenvalue weighted by molar-refractivity contribution is 0.597. The van der Waals surface area contributed by atoms with Gasteiger partial charge in [-0.05, 0) is 34.6 Å². The lowest BCUT2D eigenvalue weighted by atomic mass is 10.5. The fourth-order valence-electron chi connectivity index (χ4n) is 1.04. The second-order valence-electron chi connectivity index (χ2n) is 3.11. The minimum absolute atomic E-state index is 0.0316. The van der Waals surface area contributed by atoms with Crippen molar-refractivity contribution in [3.63, 3.8) is 0 Å². The van der Waals surface area contributed by atoms with Gasteiger partial charge in [-0.1, -0.05) is 6.92 Å². The third-order valence-corrected chi connectivity index (χ3v) is 3.69. The minimum atomic E-state index is -3.33. The van der Waals surface area contributed by atoms with Gasteiger partial charge in [-0.3, -0.25) is 4.72 Å². The van der Waals surface area contributed by atoms with E-state index in [9.17, 15) is 8.42 Å². The summed E-state index contributed by atoms with van der Waals surface area (Å²) in [4.78, 5) is 3.93. The monoisotopic (exact) mass is 307 g/mol. The minimum Gasteiger partial charge on any atom is -0.316 e. The number of rotatable bonds is 6. The molecule has 0 atom stereocenters. The first kappa shape index (κ1) is 13.4. The summed E-state index contributed by atoms with van der Waals surface area (Å²) in [6.45, 7) is 3.11. The highest BCUT2D eigenvalue weighted by molar-refractivity contribution is 9.10. The molecule has 90 valence electrons. The molecule has 16 heavy (non-hydrogen) atoms. The van der Waals surface area contributed by atoms with Gasteiger partial charge in [0.2, 0.25) is 10.0 Å². The standard InChI is InChI=1S/C9H14BrN3O2S/c1-2-11-6-7-16(14,15)13-9-8(10)4-3-5-12-9/h3-5,11H,2,6-7H2,1H3,(H,12,13). The first-order chi connectivity index (χ1) is 7.55. The van der Waals surface area contributed by atoms with Crippen LogP contribution in [0.3, 0.4) is 0 Å². The Morgan fingerprint density at radius 2 is 2.25 bits per heavy atom. The van der Waals surface area contributed by atoms with Gasteiger partial charge in [0.05, 0.1) is 10.2 Å². The number of hydrogen-bond acceptors (Lipinski definition) is 4. The Kier molecular flexibility index (Phi) is 5.17. The van der Waals surface area contributed by atoms with Gasteiger partial charge in [-0.15, -0.1) is 0 Å². The van der Waals surface area contributed by atoms with Gasteiger partial charge in [0, 0.05) is 12.7 Å². The van der Waals surface area contributed by atoms with Crippen molar-refractivity contribution in [2.24, 2.45) is 0 Å². The molecule has 1 heterocycles. The molecule has 1 aromatic heterocycles. The van der Waals surface area contributed by atoms with Crippen LogP contribution in [0.15, 0.2) is 22.8 Å². The van der Waals surface area contributed by atoms with Crippen LogP contribution in [0.5, 0.6) is 0 Å². The normalized spacial score (nSPS) is 11.4. The van der Waals surface area contributed by atoms with Crippen LogP contribution in [-0.4, -0.2) is 32.2 Å². The summed E-state index contributed by atoms with van der Waals surface area (Å²) >= 11 is 3.23. The van der Waals surface area contributed by atoms with Crippen LogP contribution in [0.25, 0.3) is 0 Å². The van der Waals surface area contributed by atoms with E-state index in [2.05, 4.69) is 31.0 Å². The highest BCUT2D eigenvalue weighted by atomic mass is 79.9. The van der Waals surface area contributed by atoms with Crippen molar-refractivity contribution in [2.45, 2.75) is 6.92 Å². The molecule has 1 aromatic rings. The van der Waals surface area contributed by atoms with Crippen molar-refractivity contribution < 1.29 is 8.42 Å². The Balaban J connectivity index is 2.63. The van der Waals surface area contributed by atoms with Crippen LogP contribution in [0.2, 0.25) is 0 Å². The molecular formula is C9H14BrN3O2S. The lowest BCUT2D eigenvalue weighted by Gasteiger charge is -2.08. The van der Waals surface area contributed by atoms with Gasteiger partial charge >= 0.3 is 0 Å². The summed E-state index contributed by atoms with van der Waals surface area (Å²) in [5.41, 5.74) is 0. The molecule has 0 bridgehead atoms. The lowest BCUT2D eigenvalue weighted by Crippen LogP contribution is -2.26. The van der Waals surface area contributed by atoms with Crippen LogP contribution in [0.1, 0.15) is 6.92 Å². The molecule has 0 amide bonds. The van der Waals surface area contributed by atoms with Crippen molar-refractivity contribution in [3.05, 3.63) is 22.8 Å². The summed E-state index contributed by atoms with van der Waals surface area (Å²) in [7, 11) is -3.33. The molecule has 0 unspecified atom stereocenters. The Labute approximate surface area is 104 Å². The maximum Gasteiger partial charge on any atom is 0.235 e. The van der Waals surface area contributed by atoms with Gasteiger partial charge < -0.3 is 5.32 Å². The van der Waals surface area contributed by atoms with Crippen molar-refractivity contribution in [1.82, 2.24) is 10.3 Å². The summed E-state index contributed by atoms with van der Waals surface area (Å²) in [5.74, 6) is 0.350. The zero-order valence-electron chi connectivity index (χ0n) is 8.90. The van der Waals surface area contributed by atoms with Gasteiger partial charge in [0.1, 0.15) is 0 Å². The Morgan fingerprint density at radius 3 is 2.88 bits per heavy atom. The molecule has 0 aliphatic heterocycles. The van der Waals surface area contributed by atoms with Crippen LogP contribution >= 0.6 is 15.9 Å². The Bertz CT molecular complexity index is 436. The van der Waals surface area contributed by atoms with Crippen LogP contribution in [0.4, 0.5) is 5.82 Å². The number of hydrogen-bond donors (Lipinski definition) is 2. The van der Waals surface area contributed by atoms with Gasteiger partial charge in [-0.25, -0.2) is 13.4 Å². The van der Waals surface area contributed by atoms with E-state index in [1.54, 1.807) is 12.1 Å². The topological polar surface area (TPSA) is 71.1 Å². The van der Waals surface area contributed by atoms with Gasteiger partial charge in [0.15, 0.2) is 5.82 Å². The van der Waals surface area contributed by atoms with E-state index < -0.39 is 10.0 Å². The average molecular weight is 308 g/mol. The number of aromatic nitrogens is 1. The van der Waals surface area contributed by atoms with Crippen molar-refractivity contribution in [1.29, 1.82) is 0 Å². The molecule has 0 aromatic carbocycles. The average Bonchev–Trinajstić information content (AvgIpc) is 2.21. The zero-order chi connectivity index (χ0) is 12.0. The van der Waals surface area contributed by atoms with Crippen LogP contribution < -0.4 is 10.0 Å². The molecule has 0 saturated heterocycles. The van der Waals surface area contributed by atoms with E-state index in [-0.39, 0.29) is 5.75 Å². The largest absolute Gasteiger partial charge is 0.316 e. The van der Waals surface area contributed by atoms with E-state index in [4.69, 9.17) is 0 Å². The summed E-state index contributed by atoms with van der Waals surface area (Å²) in [5, 5.41) is 2.95. The van der Waals surface area contributed by atoms with Crippen molar-refractivity contribution >= 4 is 31.8 Å². The quantitative estimate of drug-likeness (QED) is 0.775. The van der Waals surface area contributed by atoms with Crippen molar-refractivity contribution in [2.75, 3.05) is 23.6 Å². The fraction of sp³-hybridized carbons (Fsp3) is 0.444. The predicted molar refractivity (Wildman–Crippen MR) is 67.9 cm³/mol. The first-order valence-electron chi connectivity index (χ1n) is 4.87. The smallest absolute Gasteiger partial charge is 0.235 e. The van der Waals surface area contributed by atoms with Gasteiger partial charge in [0.25, 0.3) is 0 Å². The number of halogens is 1. The second kappa shape index (κ2) is 6.17. The second-order valence-corrected chi connectivity index (χ2v) is 5.80. The number of pyridine rings is 1. The highest BCUT2D eigenvalue weighted by Crippen LogP contribution is 2.19. The van der Waals surface area contributed by atoms with Crippen LogP contribution in [-0.2, 0) is 10.0 Å². The molecule has 0 spiro atoms. The SMILES string of the molecule is CCNCCS(=O)(=O)Nc1ncccc1Br. The van der Waals surface area contributed by atoms with E-state index in [0.717, 1.165) is 6.54 Å². The molecule has 0 fully saturated rings. The predicted octanol–water partition coefficient (Wildman–Crippen LogP) is 1.20. The van der Waals surface area contributed by atoms with E-state index in [1.807, 2.05) is 6.92 Å². The third-order valence-electron chi connectivity index (χ3n) is 1.81.